The van der Waals surface area contributed by atoms with Crippen molar-refractivity contribution >= 4 is 17.7 Å². The third-order valence-corrected chi connectivity index (χ3v) is 5.88. The first-order valence-electron chi connectivity index (χ1n) is 11.6. The molecule has 3 aromatic rings. The molecule has 1 aliphatic rings. The number of benzene rings is 3. The number of ether oxygens (including phenoxy) is 3. The first-order chi connectivity index (χ1) is 17.1. The number of rotatable bonds is 9. The summed E-state index contributed by atoms with van der Waals surface area (Å²) in [7, 11) is 1.56. The summed E-state index contributed by atoms with van der Waals surface area (Å²) in [6, 6.07) is 23.1. The number of carbonyl (C=O) groups is 1. The predicted octanol–water partition coefficient (Wildman–Crippen LogP) is 5.35. The van der Waals surface area contributed by atoms with Crippen molar-refractivity contribution in [3.8, 4) is 23.3 Å². The van der Waals surface area contributed by atoms with Crippen LogP contribution in [0.5, 0.6) is 17.2 Å². The van der Waals surface area contributed by atoms with Gasteiger partial charge in [0.15, 0.2) is 11.5 Å². The first kappa shape index (κ1) is 23.9. The van der Waals surface area contributed by atoms with Crippen LogP contribution in [-0.4, -0.2) is 32.8 Å². The minimum Gasteiger partial charge on any atom is -0.493 e. The van der Waals surface area contributed by atoms with E-state index in [1.807, 2.05) is 61.5 Å². The van der Waals surface area contributed by atoms with Crippen molar-refractivity contribution in [2.75, 3.05) is 31.8 Å². The van der Waals surface area contributed by atoms with E-state index in [2.05, 4.69) is 6.07 Å². The van der Waals surface area contributed by atoms with Crippen LogP contribution in [0, 0.1) is 18.3 Å². The van der Waals surface area contributed by atoms with E-state index in [4.69, 9.17) is 14.2 Å². The zero-order chi connectivity index (χ0) is 24.6. The van der Waals surface area contributed by atoms with Crippen molar-refractivity contribution < 1.29 is 19.0 Å². The number of amides is 1. The van der Waals surface area contributed by atoms with Crippen molar-refractivity contribution in [1.82, 2.24) is 0 Å². The quantitative estimate of drug-likeness (QED) is 0.241. The Morgan fingerprint density at radius 2 is 1.74 bits per heavy atom. The fourth-order valence-corrected chi connectivity index (χ4v) is 4.04. The van der Waals surface area contributed by atoms with Crippen LogP contribution in [0.25, 0.3) is 6.08 Å². The monoisotopic (exact) mass is 468 g/mol. The van der Waals surface area contributed by atoms with Crippen molar-refractivity contribution in [3.63, 3.8) is 0 Å². The molecule has 0 saturated heterocycles. The topological polar surface area (TPSA) is 71.8 Å². The second kappa shape index (κ2) is 11.3. The molecule has 0 bridgehead atoms. The van der Waals surface area contributed by atoms with Gasteiger partial charge in [-0.25, -0.2) is 0 Å². The molecule has 0 aromatic heterocycles. The Kier molecular flexibility index (Phi) is 7.69. The van der Waals surface area contributed by atoms with Gasteiger partial charge in [0.05, 0.1) is 20.3 Å². The second-order valence-electron chi connectivity index (χ2n) is 8.23. The largest absolute Gasteiger partial charge is 0.493 e. The number of aryl methyl sites for hydroxylation is 1. The highest BCUT2D eigenvalue weighted by Gasteiger charge is 2.26. The minimum absolute atomic E-state index is 0.0748. The lowest BCUT2D eigenvalue weighted by Gasteiger charge is -2.16. The van der Waals surface area contributed by atoms with Crippen molar-refractivity contribution in [3.05, 3.63) is 89.0 Å². The second-order valence-corrected chi connectivity index (χ2v) is 8.23. The maximum atomic E-state index is 13.1. The van der Waals surface area contributed by atoms with Crippen LogP contribution in [-0.2, 0) is 11.2 Å². The number of methoxy groups -OCH3 is 1. The SMILES string of the molecule is COc1cc(/C=C(\C#N)C(=O)N2CCc3ccccc32)ccc1OCCCOc1ccccc1C. The highest BCUT2D eigenvalue weighted by molar-refractivity contribution is 6.12. The summed E-state index contributed by atoms with van der Waals surface area (Å²) >= 11 is 0. The third kappa shape index (κ3) is 5.64. The molecule has 0 saturated carbocycles. The first-order valence-corrected chi connectivity index (χ1v) is 11.6. The molecular formula is C29H28N2O4. The average molecular weight is 469 g/mol. The van der Waals surface area contributed by atoms with E-state index in [1.54, 1.807) is 30.2 Å². The maximum absolute atomic E-state index is 13.1. The fraction of sp³-hybridized carbons (Fsp3) is 0.241. The lowest BCUT2D eigenvalue weighted by Crippen LogP contribution is -2.29. The Labute approximate surface area is 206 Å². The lowest BCUT2D eigenvalue weighted by molar-refractivity contribution is -0.114. The standard InChI is InChI=1S/C29H28N2O4/c1-21-8-3-6-11-26(21)34-16-7-17-35-27-13-12-22(19-28(27)33-2)18-24(20-30)29(32)31-15-14-23-9-4-5-10-25(23)31/h3-6,8-13,18-19H,7,14-17H2,1-2H3/b24-18+. The molecule has 6 heteroatoms. The number of hydrogen-bond acceptors (Lipinski definition) is 5. The van der Waals surface area contributed by atoms with Crippen LogP contribution in [0.2, 0.25) is 0 Å². The van der Waals surface area contributed by atoms with Crippen molar-refractivity contribution in [2.45, 2.75) is 19.8 Å². The normalized spacial score (nSPS) is 12.6. The van der Waals surface area contributed by atoms with Gasteiger partial charge in [0.1, 0.15) is 17.4 Å². The molecule has 1 heterocycles. The molecule has 0 spiro atoms. The van der Waals surface area contributed by atoms with Crippen LogP contribution < -0.4 is 19.1 Å². The van der Waals surface area contributed by atoms with E-state index in [0.29, 0.717) is 43.2 Å². The molecule has 1 aliphatic heterocycles. The summed E-state index contributed by atoms with van der Waals surface area (Å²) in [6.07, 6.45) is 3.09. The Balaban J connectivity index is 1.38. The van der Waals surface area contributed by atoms with E-state index in [1.165, 1.54) is 0 Å². The van der Waals surface area contributed by atoms with Gasteiger partial charge in [0, 0.05) is 18.7 Å². The van der Waals surface area contributed by atoms with Gasteiger partial charge < -0.3 is 19.1 Å². The zero-order valence-electron chi connectivity index (χ0n) is 20.0. The van der Waals surface area contributed by atoms with Gasteiger partial charge in [-0.05, 0) is 60.4 Å². The number of fused-ring (bicyclic) bond motifs is 1. The Morgan fingerprint density at radius 3 is 2.51 bits per heavy atom. The summed E-state index contributed by atoms with van der Waals surface area (Å²) < 4.78 is 17.2. The van der Waals surface area contributed by atoms with Crippen LogP contribution in [0.3, 0.4) is 0 Å². The number of para-hydroxylation sites is 2. The molecule has 0 radical (unpaired) electrons. The van der Waals surface area contributed by atoms with Gasteiger partial charge in [-0.1, -0.05) is 42.5 Å². The average Bonchev–Trinajstić information content (AvgIpc) is 3.32. The Bertz CT molecular complexity index is 1280. The Morgan fingerprint density at radius 1 is 1.00 bits per heavy atom. The van der Waals surface area contributed by atoms with E-state index >= 15 is 0 Å². The number of hydrogen-bond donors (Lipinski definition) is 0. The van der Waals surface area contributed by atoms with Crippen LogP contribution in [0.15, 0.2) is 72.3 Å². The Hall–Kier alpha value is -4.24. The molecular weight excluding hydrogens is 440 g/mol. The van der Waals surface area contributed by atoms with Crippen LogP contribution in [0.1, 0.15) is 23.1 Å². The van der Waals surface area contributed by atoms with Gasteiger partial charge in [-0.2, -0.15) is 5.26 Å². The fourth-order valence-electron chi connectivity index (χ4n) is 4.04. The van der Waals surface area contributed by atoms with E-state index < -0.39 is 0 Å². The van der Waals surface area contributed by atoms with Gasteiger partial charge >= 0.3 is 0 Å². The van der Waals surface area contributed by atoms with Gasteiger partial charge in [0.25, 0.3) is 5.91 Å². The summed E-state index contributed by atoms with van der Waals surface area (Å²) in [6.45, 7) is 3.60. The molecule has 0 fully saturated rings. The van der Waals surface area contributed by atoms with Crippen LogP contribution in [0.4, 0.5) is 5.69 Å². The molecule has 3 aromatic carbocycles. The van der Waals surface area contributed by atoms with E-state index in [9.17, 15) is 10.1 Å². The molecule has 35 heavy (non-hydrogen) atoms. The number of carbonyl (C=O) groups excluding carboxylic acids is 1. The third-order valence-electron chi connectivity index (χ3n) is 5.88. The van der Waals surface area contributed by atoms with Crippen molar-refractivity contribution in [1.29, 1.82) is 5.26 Å². The van der Waals surface area contributed by atoms with Gasteiger partial charge in [-0.3, -0.25) is 4.79 Å². The molecule has 0 N–H and O–H groups in total. The summed E-state index contributed by atoms with van der Waals surface area (Å²) in [4.78, 5) is 14.7. The molecule has 1 amide bonds. The highest BCUT2D eigenvalue weighted by atomic mass is 16.5. The smallest absolute Gasteiger partial charge is 0.268 e. The zero-order valence-corrected chi connectivity index (χ0v) is 20.0. The highest BCUT2D eigenvalue weighted by Crippen LogP contribution is 2.31. The van der Waals surface area contributed by atoms with Crippen LogP contribution >= 0.6 is 0 Å². The van der Waals surface area contributed by atoms with E-state index in [0.717, 1.165) is 29.0 Å². The summed E-state index contributed by atoms with van der Waals surface area (Å²) in [5, 5.41) is 9.68. The number of nitrogens with zero attached hydrogens (tertiary/aromatic N) is 2. The maximum Gasteiger partial charge on any atom is 0.268 e. The molecule has 178 valence electrons. The minimum atomic E-state index is -0.301. The lowest BCUT2D eigenvalue weighted by atomic mass is 10.1. The molecule has 0 aliphatic carbocycles. The summed E-state index contributed by atoms with van der Waals surface area (Å²) in [5.74, 6) is 1.71. The molecule has 6 nitrogen and oxygen atoms in total. The molecule has 0 unspecified atom stereocenters. The summed E-state index contributed by atoms with van der Waals surface area (Å²) in [5.41, 5.74) is 3.85. The van der Waals surface area contributed by atoms with E-state index in [-0.39, 0.29) is 11.5 Å². The van der Waals surface area contributed by atoms with Crippen molar-refractivity contribution in [2.24, 2.45) is 0 Å². The molecule has 4 rings (SSSR count). The molecule has 0 atom stereocenters. The van der Waals surface area contributed by atoms with Gasteiger partial charge in [0.2, 0.25) is 0 Å². The number of anilines is 1. The number of nitriles is 1. The van der Waals surface area contributed by atoms with Gasteiger partial charge in [-0.15, -0.1) is 0 Å². The predicted molar refractivity (Wildman–Crippen MR) is 136 cm³/mol.